The van der Waals surface area contributed by atoms with Gasteiger partial charge in [-0.15, -0.1) is 11.8 Å². The Balaban J connectivity index is 1.05. The Bertz CT molecular complexity index is 1370. The molecule has 2 aromatic heterocycles. The molecule has 3 aliphatic heterocycles. The second kappa shape index (κ2) is 8.44. The first-order valence-electron chi connectivity index (χ1n) is 11.3. The first-order chi connectivity index (χ1) is 16.6. The number of ether oxygens (including phenoxy) is 1. The molecule has 6 rings (SSSR count). The van der Waals surface area contributed by atoms with Crippen molar-refractivity contribution < 1.29 is 14.3 Å². The summed E-state index contributed by atoms with van der Waals surface area (Å²) in [7, 11) is 0. The molecule has 2 atom stereocenters. The van der Waals surface area contributed by atoms with Gasteiger partial charge in [-0.3, -0.25) is 14.5 Å². The van der Waals surface area contributed by atoms with Crippen LogP contribution in [-0.2, 0) is 16.1 Å². The molecule has 34 heavy (non-hydrogen) atoms. The van der Waals surface area contributed by atoms with E-state index in [9.17, 15) is 14.4 Å². The molecule has 1 aromatic carbocycles. The molecule has 0 radical (unpaired) electrons. The van der Waals surface area contributed by atoms with Crippen LogP contribution in [0.15, 0.2) is 52.2 Å². The lowest BCUT2D eigenvalue weighted by molar-refractivity contribution is -0.113. The van der Waals surface area contributed by atoms with E-state index in [0.717, 1.165) is 22.3 Å². The summed E-state index contributed by atoms with van der Waals surface area (Å²) in [5.74, 6) is 1.47. The second-order valence-electron chi connectivity index (χ2n) is 8.73. The van der Waals surface area contributed by atoms with E-state index in [2.05, 4.69) is 21.7 Å². The highest BCUT2D eigenvalue weighted by Crippen LogP contribution is 2.33. The van der Waals surface area contributed by atoms with E-state index in [1.807, 2.05) is 28.8 Å². The molecule has 1 saturated heterocycles. The first kappa shape index (κ1) is 21.2. The van der Waals surface area contributed by atoms with E-state index in [1.54, 1.807) is 12.1 Å². The number of hydrogen-bond acceptors (Lipinski definition) is 7. The summed E-state index contributed by atoms with van der Waals surface area (Å²) in [6.07, 6.45) is 0.00185. The minimum atomic E-state index is -0.426. The number of aromatic nitrogens is 2. The predicted octanol–water partition coefficient (Wildman–Crippen LogP) is 2.54. The van der Waals surface area contributed by atoms with Crippen LogP contribution < -0.4 is 21.1 Å². The summed E-state index contributed by atoms with van der Waals surface area (Å²) in [6.45, 7) is 2.52. The Morgan fingerprint density at radius 3 is 2.94 bits per heavy atom. The standard InChI is InChI=1S/C24H23N5O4S/c30-20-13-34-18-5-6-19(26-23(18)27-20)28-12-16(33-24(28)32)8-9-25-10-15-11-29-21(31)7-4-14-2-1-3-17(15)22(14)29/h1-7,15-16,25H,8-13H2,(H,26,27,30)/t15-,16-/m0/s1. The van der Waals surface area contributed by atoms with Gasteiger partial charge in [-0.2, -0.15) is 0 Å². The van der Waals surface area contributed by atoms with Crippen molar-refractivity contribution in [2.75, 3.05) is 35.6 Å². The lowest BCUT2D eigenvalue weighted by atomic mass is 10.00. The van der Waals surface area contributed by atoms with E-state index in [-0.39, 0.29) is 23.5 Å². The highest BCUT2D eigenvalue weighted by atomic mass is 32.2. The van der Waals surface area contributed by atoms with Gasteiger partial charge >= 0.3 is 6.09 Å². The van der Waals surface area contributed by atoms with Gasteiger partial charge in [-0.1, -0.05) is 18.2 Å². The molecule has 0 bridgehead atoms. The Labute approximate surface area is 199 Å². The fourth-order valence-corrected chi connectivity index (χ4v) is 5.65. The van der Waals surface area contributed by atoms with Gasteiger partial charge in [0.25, 0.3) is 5.56 Å². The number of benzene rings is 1. The summed E-state index contributed by atoms with van der Waals surface area (Å²) in [6, 6.07) is 13.3. The number of cyclic esters (lactones) is 1. The number of nitrogens with zero attached hydrogens (tertiary/aromatic N) is 3. The van der Waals surface area contributed by atoms with E-state index < -0.39 is 6.09 Å². The van der Waals surface area contributed by atoms with E-state index in [1.165, 1.54) is 22.2 Å². The number of rotatable bonds is 6. The molecule has 174 valence electrons. The van der Waals surface area contributed by atoms with Crippen molar-refractivity contribution in [3.05, 3.63) is 58.4 Å². The smallest absolute Gasteiger partial charge is 0.415 e. The lowest BCUT2D eigenvalue weighted by Gasteiger charge is -2.18. The summed E-state index contributed by atoms with van der Waals surface area (Å²) < 4.78 is 7.41. The quantitative estimate of drug-likeness (QED) is 0.526. The van der Waals surface area contributed by atoms with Crippen molar-refractivity contribution in [2.45, 2.75) is 29.9 Å². The minimum absolute atomic E-state index is 0.0364. The van der Waals surface area contributed by atoms with Crippen molar-refractivity contribution in [3.8, 4) is 0 Å². The number of anilines is 2. The Morgan fingerprint density at radius 1 is 1.12 bits per heavy atom. The van der Waals surface area contributed by atoms with E-state index in [0.29, 0.717) is 43.4 Å². The monoisotopic (exact) mass is 477 g/mol. The third-order valence-corrected chi connectivity index (χ3v) is 7.57. The number of carbonyl (C=O) groups excluding carboxylic acids is 2. The average molecular weight is 478 g/mol. The van der Waals surface area contributed by atoms with Gasteiger partial charge in [0, 0.05) is 25.1 Å². The van der Waals surface area contributed by atoms with Crippen molar-refractivity contribution in [3.63, 3.8) is 0 Å². The maximum atomic E-state index is 12.4. The molecule has 5 heterocycles. The maximum absolute atomic E-state index is 12.4. The van der Waals surface area contributed by atoms with Crippen LogP contribution in [-0.4, -0.2) is 53.0 Å². The largest absolute Gasteiger partial charge is 0.444 e. The van der Waals surface area contributed by atoms with Gasteiger partial charge in [0.2, 0.25) is 5.91 Å². The number of fused-ring (bicyclic) bond motifs is 1. The molecule has 10 heteroatoms. The van der Waals surface area contributed by atoms with E-state index >= 15 is 0 Å². The number of pyridine rings is 2. The van der Waals surface area contributed by atoms with Crippen LogP contribution in [0.1, 0.15) is 17.9 Å². The molecule has 3 aromatic rings. The molecule has 3 aliphatic rings. The molecule has 1 fully saturated rings. The number of nitrogens with one attached hydrogen (secondary N) is 2. The summed E-state index contributed by atoms with van der Waals surface area (Å²) >= 11 is 1.43. The predicted molar refractivity (Wildman–Crippen MR) is 130 cm³/mol. The molecule has 2 amide bonds. The van der Waals surface area contributed by atoms with Crippen molar-refractivity contribution >= 4 is 46.3 Å². The minimum Gasteiger partial charge on any atom is -0.444 e. The summed E-state index contributed by atoms with van der Waals surface area (Å²) in [5, 5.41) is 7.32. The topological polar surface area (TPSA) is 106 Å². The van der Waals surface area contributed by atoms with Gasteiger partial charge in [-0.05, 0) is 42.1 Å². The van der Waals surface area contributed by atoms with Crippen LogP contribution >= 0.6 is 11.8 Å². The fraction of sp³-hybridized carbons (Fsp3) is 0.333. The third-order valence-electron chi connectivity index (χ3n) is 6.53. The molecule has 9 nitrogen and oxygen atoms in total. The highest BCUT2D eigenvalue weighted by molar-refractivity contribution is 8.00. The van der Waals surface area contributed by atoms with Crippen LogP contribution in [0.2, 0.25) is 0 Å². The molecule has 2 N–H and O–H groups in total. The van der Waals surface area contributed by atoms with E-state index in [4.69, 9.17) is 4.74 Å². The Kier molecular flexibility index (Phi) is 5.26. The maximum Gasteiger partial charge on any atom is 0.415 e. The van der Waals surface area contributed by atoms with Crippen molar-refractivity contribution in [1.29, 1.82) is 0 Å². The highest BCUT2D eigenvalue weighted by Gasteiger charge is 2.34. The van der Waals surface area contributed by atoms with Crippen LogP contribution in [0.3, 0.4) is 0 Å². The third kappa shape index (κ3) is 3.72. The van der Waals surface area contributed by atoms with Crippen molar-refractivity contribution in [1.82, 2.24) is 14.9 Å². The van der Waals surface area contributed by atoms with Gasteiger partial charge in [0.15, 0.2) is 0 Å². The fourth-order valence-electron chi connectivity index (χ4n) is 4.89. The van der Waals surface area contributed by atoms with Crippen LogP contribution in [0, 0.1) is 0 Å². The van der Waals surface area contributed by atoms with Gasteiger partial charge in [0.05, 0.1) is 22.7 Å². The second-order valence-corrected chi connectivity index (χ2v) is 9.74. The zero-order valence-electron chi connectivity index (χ0n) is 18.3. The Hall–Kier alpha value is -3.37. The zero-order valence-corrected chi connectivity index (χ0v) is 19.1. The number of thioether (sulfide) groups is 1. The SMILES string of the molecule is O=C1CSc2ccc(N3C[C@H](CCNC[C@H]4Cn5c(=O)ccc6cccc4c65)OC3=O)nc2N1. The van der Waals surface area contributed by atoms with Crippen LogP contribution in [0.25, 0.3) is 10.9 Å². The van der Waals surface area contributed by atoms with Crippen LogP contribution in [0.5, 0.6) is 0 Å². The number of amides is 2. The normalized spacial score (nSPS) is 21.0. The Morgan fingerprint density at radius 2 is 2.03 bits per heavy atom. The molecule has 0 unspecified atom stereocenters. The molecular formula is C24H23N5O4S. The lowest BCUT2D eigenvalue weighted by Crippen LogP contribution is -2.29. The first-order valence-corrected chi connectivity index (χ1v) is 12.3. The number of carbonyl (C=O) groups is 2. The van der Waals surface area contributed by atoms with Gasteiger partial charge < -0.3 is 19.9 Å². The zero-order chi connectivity index (χ0) is 23.2. The number of hydrogen-bond donors (Lipinski definition) is 2. The van der Waals surface area contributed by atoms with Gasteiger partial charge in [-0.25, -0.2) is 9.78 Å². The molecule has 0 aliphatic carbocycles. The summed E-state index contributed by atoms with van der Waals surface area (Å²) in [4.78, 5) is 43.2. The number of para-hydroxylation sites is 1. The molecule has 0 spiro atoms. The van der Waals surface area contributed by atoms with Gasteiger partial charge in [0.1, 0.15) is 17.7 Å². The molecular weight excluding hydrogens is 454 g/mol. The molecule has 0 saturated carbocycles. The average Bonchev–Trinajstić information content (AvgIpc) is 3.40. The van der Waals surface area contributed by atoms with Crippen LogP contribution in [0.4, 0.5) is 16.4 Å². The summed E-state index contributed by atoms with van der Waals surface area (Å²) in [5.41, 5.74) is 2.27. The van der Waals surface area contributed by atoms with Crippen molar-refractivity contribution in [2.24, 2.45) is 0 Å².